The van der Waals surface area contributed by atoms with Crippen molar-refractivity contribution in [3.8, 4) is 0 Å². The predicted molar refractivity (Wildman–Crippen MR) is 48.6 cm³/mol. The summed E-state index contributed by atoms with van der Waals surface area (Å²) in [6.07, 6.45) is 1.68. The average molecular weight is 170 g/mol. The van der Waals surface area contributed by atoms with Gasteiger partial charge in [0.15, 0.2) is 0 Å². The van der Waals surface area contributed by atoms with E-state index in [4.69, 9.17) is 5.73 Å². The Hall–Kier alpha value is -0.570. The second kappa shape index (κ2) is 3.90. The van der Waals surface area contributed by atoms with Gasteiger partial charge in [-0.1, -0.05) is 6.92 Å². The molecule has 3 nitrogen and oxygen atoms in total. The van der Waals surface area contributed by atoms with E-state index in [1.165, 1.54) is 0 Å². The van der Waals surface area contributed by atoms with E-state index in [1.54, 1.807) is 0 Å². The number of hydrogen-bond donors (Lipinski definition) is 1. The molecule has 12 heavy (non-hydrogen) atoms. The number of amides is 1. The van der Waals surface area contributed by atoms with Crippen molar-refractivity contribution in [1.29, 1.82) is 0 Å². The summed E-state index contributed by atoms with van der Waals surface area (Å²) in [5, 5.41) is 0. The Morgan fingerprint density at radius 3 is 2.83 bits per heavy atom. The van der Waals surface area contributed by atoms with Gasteiger partial charge in [-0.2, -0.15) is 0 Å². The number of nitrogens with zero attached hydrogens (tertiary/aromatic N) is 1. The van der Waals surface area contributed by atoms with Gasteiger partial charge < -0.3 is 10.6 Å². The smallest absolute Gasteiger partial charge is 0.217 e. The molecule has 3 heteroatoms. The summed E-state index contributed by atoms with van der Waals surface area (Å²) in [5.41, 5.74) is 5.17. The van der Waals surface area contributed by atoms with Crippen LogP contribution in [0.4, 0.5) is 0 Å². The molecule has 1 rings (SSSR count). The van der Waals surface area contributed by atoms with Gasteiger partial charge in [0.1, 0.15) is 0 Å². The lowest BCUT2D eigenvalue weighted by molar-refractivity contribution is -0.119. The van der Waals surface area contributed by atoms with Crippen LogP contribution in [0.2, 0.25) is 0 Å². The van der Waals surface area contributed by atoms with Gasteiger partial charge in [-0.05, 0) is 31.8 Å². The second-order valence-electron chi connectivity index (χ2n) is 3.96. The van der Waals surface area contributed by atoms with E-state index >= 15 is 0 Å². The number of hydrogen-bond acceptors (Lipinski definition) is 2. The Kier molecular flexibility index (Phi) is 3.09. The summed E-state index contributed by atoms with van der Waals surface area (Å²) in [6, 6.07) is 0. The van der Waals surface area contributed by atoms with Gasteiger partial charge in [0.2, 0.25) is 5.91 Å². The average Bonchev–Trinajstić information content (AvgIpc) is 1.94. The molecule has 2 unspecified atom stereocenters. The molecule has 2 atom stereocenters. The first-order valence-corrected chi connectivity index (χ1v) is 4.56. The van der Waals surface area contributed by atoms with Crippen molar-refractivity contribution in [1.82, 2.24) is 4.90 Å². The van der Waals surface area contributed by atoms with E-state index in [1.807, 2.05) is 0 Å². The van der Waals surface area contributed by atoms with Crippen LogP contribution in [0.3, 0.4) is 0 Å². The molecule has 0 aromatic rings. The fourth-order valence-corrected chi connectivity index (χ4v) is 1.96. The van der Waals surface area contributed by atoms with Crippen molar-refractivity contribution in [2.75, 3.05) is 20.1 Å². The van der Waals surface area contributed by atoms with Gasteiger partial charge in [-0.15, -0.1) is 0 Å². The summed E-state index contributed by atoms with van der Waals surface area (Å²) < 4.78 is 0. The number of carbonyl (C=O) groups excluding carboxylic acids is 1. The number of primary amides is 1. The van der Waals surface area contributed by atoms with Crippen LogP contribution >= 0.6 is 0 Å². The van der Waals surface area contributed by atoms with E-state index in [0.717, 1.165) is 19.5 Å². The topological polar surface area (TPSA) is 46.3 Å². The van der Waals surface area contributed by atoms with Crippen LogP contribution in [0.15, 0.2) is 0 Å². The van der Waals surface area contributed by atoms with Crippen LogP contribution in [-0.2, 0) is 4.79 Å². The highest BCUT2D eigenvalue weighted by molar-refractivity contribution is 5.74. The summed E-state index contributed by atoms with van der Waals surface area (Å²) in [5.74, 6) is 0.964. The first kappa shape index (κ1) is 9.52. The molecule has 1 aliphatic rings. The molecule has 0 saturated carbocycles. The fourth-order valence-electron chi connectivity index (χ4n) is 1.96. The van der Waals surface area contributed by atoms with Crippen molar-refractivity contribution >= 4 is 5.91 Å². The number of nitrogens with two attached hydrogens (primary N) is 1. The summed E-state index contributed by atoms with van der Waals surface area (Å²) in [6.45, 7) is 4.39. The van der Waals surface area contributed by atoms with Crippen molar-refractivity contribution in [3.63, 3.8) is 0 Å². The van der Waals surface area contributed by atoms with Crippen LogP contribution in [0.25, 0.3) is 0 Å². The molecule has 0 bridgehead atoms. The third-order valence-corrected chi connectivity index (χ3v) is 2.75. The number of likely N-dealkylation sites (tertiary alicyclic amines) is 1. The van der Waals surface area contributed by atoms with Crippen LogP contribution in [0.1, 0.15) is 19.8 Å². The first-order chi connectivity index (χ1) is 5.59. The summed E-state index contributed by atoms with van der Waals surface area (Å²) in [7, 11) is 2.12. The molecule has 1 amide bonds. The van der Waals surface area contributed by atoms with E-state index in [9.17, 15) is 4.79 Å². The Balaban J connectivity index is 2.39. The van der Waals surface area contributed by atoms with E-state index in [2.05, 4.69) is 18.9 Å². The quantitative estimate of drug-likeness (QED) is 0.654. The first-order valence-electron chi connectivity index (χ1n) is 4.56. The highest BCUT2D eigenvalue weighted by Gasteiger charge is 2.24. The largest absolute Gasteiger partial charge is 0.370 e. The lowest BCUT2D eigenvalue weighted by Crippen LogP contribution is -2.38. The Morgan fingerprint density at radius 2 is 2.33 bits per heavy atom. The van der Waals surface area contributed by atoms with Crippen LogP contribution in [-0.4, -0.2) is 30.9 Å². The van der Waals surface area contributed by atoms with E-state index < -0.39 is 0 Å². The molecule has 1 saturated heterocycles. The minimum Gasteiger partial charge on any atom is -0.370 e. The molecule has 0 radical (unpaired) electrons. The van der Waals surface area contributed by atoms with Gasteiger partial charge in [-0.25, -0.2) is 0 Å². The molecule has 1 heterocycles. The lowest BCUT2D eigenvalue weighted by atomic mass is 9.84. The molecule has 0 spiro atoms. The zero-order valence-electron chi connectivity index (χ0n) is 7.92. The second-order valence-corrected chi connectivity index (χ2v) is 3.96. The maximum Gasteiger partial charge on any atom is 0.217 e. The molecule has 1 aliphatic heterocycles. The SMILES string of the molecule is CC1CN(C)CCC1CC(N)=O. The molecule has 0 aliphatic carbocycles. The van der Waals surface area contributed by atoms with Gasteiger partial charge in [0.25, 0.3) is 0 Å². The molecule has 70 valence electrons. The Morgan fingerprint density at radius 1 is 1.67 bits per heavy atom. The minimum absolute atomic E-state index is 0.156. The van der Waals surface area contributed by atoms with Crippen LogP contribution in [0, 0.1) is 11.8 Å². The summed E-state index contributed by atoms with van der Waals surface area (Å²) in [4.78, 5) is 13.0. The lowest BCUT2D eigenvalue weighted by Gasteiger charge is -2.34. The van der Waals surface area contributed by atoms with Crippen LogP contribution in [0.5, 0.6) is 0 Å². The number of rotatable bonds is 2. The predicted octanol–water partition coefficient (Wildman–Crippen LogP) is 0.450. The van der Waals surface area contributed by atoms with Gasteiger partial charge >= 0.3 is 0 Å². The minimum atomic E-state index is -0.156. The normalized spacial score (nSPS) is 31.8. The number of carbonyl (C=O) groups is 1. The zero-order chi connectivity index (χ0) is 9.14. The maximum absolute atomic E-state index is 10.7. The monoisotopic (exact) mass is 170 g/mol. The third-order valence-electron chi connectivity index (χ3n) is 2.75. The maximum atomic E-state index is 10.7. The van der Waals surface area contributed by atoms with Crippen LogP contribution < -0.4 is 5.73 Å². The Labute approximate surface area is 73.9 Å². The molecular formula is C9H18N2O. The summed E-state index contributed by atoms with van der Waals surface area (Å²) >= 11 is 0. The molecule has 1 fully saturated rings. The van der Waals surface area contributed by atoms with Gasteiger partial charge in [0, 0.05) is 13.0 Å². The molecule has 0 aromatic carbocycles. The molecule has 2 N–H and O–H groups in total. The van der Waals surface area contributed by atoms with Crippen molar-refractivity contribution in [2.24, 2.45) is 17.6 Å². The highest BCUT2D eigenvalue weighted by Crippen LogP contribution is 2.24. The van der Waals surface area contributed by atoms with Crippen molar-refractivity contribution in [2.45, 2.75) is 19.8 Å². The molecular weight excluding hydrogens is 152 g/mol. The highest BCUT2D eigenvalue weighted by atomic mass is 16.1. The fraction of sp³-hybridized carbons (Fsp3) is 0.889. The van der Waals surface area contributed by atoms with E-state index in [-0.39, 0.29) is 5.91 Å². The zero-order valence-corrected chi connectivity index (χ0v) is 7.92. The van der Waals surface area contributed by atoms with Crippen molar-refractivity contribution in [3.05, 3.63) is 0 Å². The van der Waals surface area contributed by atoms with Crippen molar-refractivity contribution < 1.29 is 4.79 Å². The van der Waals surface area contributed by atoms with Gasteiger partial charge in [0.05, 0.1) is 0 Å². The standard InChI is InChI=1S/C9H18N2O/c1-7-6-11(2)4-3-8(7)5-9(10)12/h7-8H,3-6H2,1-2H3,(H2,10,12). The van der Waals surface area contributed by atoms with Gasteiger partial charge in [-0.3, -0.25) is 4.79 Å². The number of piperidine rings is 1. The molecule has 0 aromatic heterocycles. The van der Waals surface area contributed by atoms with E-state index in [0.29, 0.717) is 18.3 Å². The third kappa shape index (κ3) is 2.48. The Bertz CT molecular complexity index is 170.